The van der Waals surface area contributed by atoms with E-state index in [9.17, 15) is 9.59 Å². The highest BCUT2D eigenvalue weighted by molar-refractivity contribution is 6.35. The molecule has 1 aromatic heterocycles. The number of nitrogens with one attached hydrogen (secondary N) is 3. The number of guanidine groups is 1. The summed E-state index contributed by atoms with van der Waals surface area (Å²) >= 11 is 12.3. The maximum Gasteiger partial charge on any atom is 0.328 e. The lowest BCUT2D eigenvalue weighted by molar-refractivity contribution is -0.108. The molecule has 0 amide bonds. The van der Waals surface area contributed by atoms with Crippen LogP contribution in [0, 0.1) is 23.2 Å². The van der Waals surface area contributed by atoms with E-state index >= 15 is 0 Å². The van der Waals surface area contributed by atoms with Crippen LogP contribution in [-0.2, 0) is 13.0 Å². The van der Waals surface area contributed by atoms with Crippen LogP contribution in [0.3, 0.4) is 0 Å². The highest BCUT2D eigenvalue weighted by Crippen LogP contribution is 2.61. The Morgan fingerprint density at radius 2 is 1.79 bits per heavy atom. The normalized spacial score (nSPS) is 28.5. The predicted molar refractivity (Wildman–Crippen MR) is 177 cm³/mol. The number of aliphatic imine (C=N–C) groups is 1. The van der Waals surface area contributed by atoms with Gasteiger partial charge in [0.25, 0.3) is 5.56 Å². The molecule has 3 aromatic rings. The largest absolute Gasteiger partial charge is 0.340 e. The number of aryl methyl sites for hydroxylation is 1. The monoisotopic (exact) mass is 624 g/mol. The van der Waals surface area contributed by atoms with Crippen molar-refractivity contribution in [1.29, 1.82) is 0 Å². The zero-order chi connectivity index (χ0) is 30.6. The van der Waals surface area contributed by atoms with E-state index in [0.717, 1.165) is 36.7 Å². The first-order valence-electron chi connectivity index (χ1n) is 15.5. The van der Waals surface area contributed by atoms with Gasteiger partial charge in [-0.2, -0.15) is 0 Å². The Bertz CT molecular complexity index is 1670. The number of halogens is 2. The molecule has 6 atom stereocenters. The molecule has 230 valence electrons. The molecule has 0 radical (unpaired) electrons. The van der Waals surface area contributed by atoms with Crippen molar-refractivity contribution in [1.82, 2.24) is 19.8 Å². The number of rotatable bonds is 5. The SMILES string of the molecule is C[C@H]1[C@@H](/N=C(/Nc2ccc3c(=O)n(CCc4ccc(Cl)cc4Cl)c(=O)[nH]c3c2)N2C[C@@H](C)N[C@@H](C)C2)C[C@@H]2C[C@H]1C2(C)C. The van der Waals surface area contributed by atoms with Crippen LogP contribution in [-0.4, -0.2) is 51.6 Å². The molecule has 2 aromatic carbocycles. The third-order valence-electron chi connectivity index (χ3n) is 10.3. The Labute approximate surface area is 262 Å². The minimum Gasteiger partial charge on any atom is -0.340 e. The van der Waals surface area contributed by atoms with Gasteiger partial charge >= 0.3 is 5.69 Å². The summed E-state index contributed by atoms with van der Waals surface area (Å²) in [5, 5.41) is 8.74. The standard InChI is InChI=1S/C33H42Cl2N6O2/c1-18-16-40(17-19(2)36-18)31(38-28-13-22-12-26(20(28)3)33(22,4)5)37-24-8-9-25-29(15-24)39-32(43)41(30(25)42)11-10-21-6-7-23(34)14-27(21)35/h6-9,14-15,18-20,22,26,28,36H,10-13,16-17H2,1-5H3,(H,37,38)(H,39,43)/t18-,19+,20-,22+,26-,28+/m1/s1. The summed E-state index contributed by atoms with van der Waals surface area (Å²) in [4.78, 5) is 37.1. The summed E-state index contributed by atoms with van der Waals surface area (Å²) in [6.07, 6.45) is 2.86. The number of piperazine rings is 1. The van der Waals surface area contributed by atoms with E-state index in [1.807, 2.05) is 18.2 Å². The fourth-order valence-electron chi connectivity index (χ4n) is 7.76. The number of aromatic nitrogens is 2. The summed E-state index contributed by atoms with van der Waals surface area (Å²) in [5.74, 6) is 2.80. The quantitative estimate of drug-likeness (QED) is 0.248. The van der Waals surface area contributed by atoms with Gasteiger partial charge in [0, 0.05) is 47.5 Å². The minimum atomic E-state index is -0.448. The molecular formula is C33H42Cl2N6O2. The number of nitrogens with zero attached hydrogens (tertiary/aromatic N) is 3. The first kappa shape index (κ1) is 30.2. The topological polar surface area (TPSA) is 94.5 Å². The third kappa shape index (κ3) is 5.86. The van der Waals surface area contributed by atoms with Gasteiger partial charge in [-0.3, -0.25) is 9.36 Å². The van der Waals surface area contributed by atoms with E-state index in [1.165, 1.54) is 11.0 Å². The molecule has 0 spiro atoms. The zero-order valence-electron chi connectivity index (χ0n) is 25.6. The van der Waals surface area contributed by atoms with Crippen LogP contribution in [0.4, 0.5) is 5.69 Å². The van der Waals surface area contributed by atoms with Crippen molar-refractivity contribution < 1.29 is 0 Å². The van der Waals surface area contributed by atoms with Gasteiger partial charge in [0.05, 0.1) is 16.9 Å². The lowest BCUT2D eigenvalue weighted by Gasteiger charge is -2.61. The van der Waals surface area contributed by atoms with E-state index in [1.54, 1.807) is 18.2 Å². The van der Waals surface area contributed by atoms with E-state index in [4.69, 9.17) is 28.2 Å². The minimum absolute atomic E-state index is 0.208. The summed E-state index contributed by atoms with van der Waals surface area (Å²) in [5.41, 5.74) is 1.74. The van der Waals surface area contributed by atoms with Crippen molar-refractivity contribution in [2.24, 2.45) is 28.2 Å². The van der Waals surface area contributed by atoms with Crippen LogP contribution >= 0.6 is 23.2 Å². The average molecular weight is 626 g/mol. The van der Waals surface area contributed by atoms with Gasteiger partial charge in [-0.15, -0.1) is 0 Å². The second-order valence-electron chi connectivity index (χ2n) is 13.6. The van der Waals surface area contributed by atoms with Crippen LogP contribution in [0.25, 0.3) is 10.9 Å². The molecular weight excluding hydrogens is 583 g/mol. The van der Waals surface area contributed by atoms with E-state index < -0.39 is 5.69 Å². The van der Waals surface area contributed by atoms with Crippen molar-refractivity contribution in [3.05, 3.63) is 72.8 Å². The molecule has 1 aliphatic heterocycles. The molecule has 2 heterocycles. The Morgan fingerprint density at radius 1 is 1.05 bits per heavy atom. The number of hydrogen-bond donors (Lipinski definition) is 3. The molecule has 0 unspecified atom stereocenters. The Kier molecular flexibility index (Phi) is 8.16. The summed E-state index contributed by atoms with van der Waals surface area (Å²) in [6.45, 7) is 13.5. The molecule has 3 N–H and O–H groups in total. The molecule has 4 aliphatic rings. The molecule has 1 saturated heterocycles. The van der Waals surface area contributed by atoms with Crippen molar-refractivity contribution >= 4 is 45.8 Å². The Morgan fingerprint density at radius 3 is 2.47 bits per heavy atom. The summed E-state index contributed by atoms with van der Waals surface area (Å²) < 4.78 is 1.23. The summed E-state index contributed by atoms with van der Waals surface area (Å²) in [6, 6.07) is 11.7. The third-order valence-corrected chi connectivity index (χ3v) is 10.9. The van der Waals surface area contributed by atoms with E-state index in [2.05, 4.69) is 55.1 Å². The van der Waals surface area contributed by atoms with Crippen LogP contribution < -0.4 is 21.9 Å². The smallest absolute Gasteiger partial charge is 0.328 e. The maximum atomic E-state index is 13.4. The van der Waals surface area contributed by atoms with E-state index in [0.29, 0.717) is 62.6 Å². The first-order valence-corrected chi connectivity index (χ1v) is 16.2. The van der Waals surface area contributed by atoms with Crippen LogP contribution in [0.15, 0.2) is 51.0 Å². The molecule has 8 nitrogen and oxygen atoms in total. The Balaban J connectivity index is 1.28. The highest BCUT2D eigenvalue weighted by atomic mass is 35.5. The van der Waals surface area contributed by atoms with Gasteiger partial charge in [0.15, 0.2) is 5.96 Å². The second kappa shape index (κ2) is 11.6. The van der Waals surface area contributed by atoms with Crippen molar-refractivity contribution in [3.63, 3.8) is 0 Å². The van der Waals surface area contributed by atoms with Crippen LogP contribution in [0.2, 0.25) is 10.0 Å². The lowest BCUT2D eigenvalue weighted by Crippen LogP contribution is -2.59. The number of benzene rings is 2. The van der Waals surface area contributed by atoms with Gasteiger partial charge in [-0.05, 0) is 92.2 Å². The zero-order valence-corrected chi connectivity index (χ0v) is 27.1. The first-order chi connectivity index (χ1) is 20.4. The van der Waals surface area contributed by atoms with Crippen molar-refractivity contribution in [2.75, 3.05) is 18.4 Å². The van der Waals surface area contributed by atoms with Crippen molar-refractivity contribution in [2.45, 2.75) is 78.6 Å². The van der Waals surface area contributed by atoms with Gasteiger partial charge in [-0.25, -0.2) is 9.79 Å². The number of H-pyrrole nitrogens is 1. The second-order valence-corrected chi connectivity index (χ2v) is 14.5. The fraction of sp³-hybridized carbons (Fsp3) is 0.545. The highest BCUT2D eigenvalue weighted by Gasteiger charge is 2.56. The van der Waals surface area contributed by atoms with Crippen molar-refractivity contribution in [3.8, 4) is 0 Å². The molecule has 3 aliphatic carbocycles. The van der Waals surface area contributed by atoms with Gasteiger partial charge in [-0.1, -0.05) is 50.0 Å². The van der Waals surface area contributed by atoms with Gasteiger partial charge < -0.3 is 20.5 Å². The fourth-order valence-corrected chi connectivity index (χ4v) is 8.27. The van der Waals surface area contributed by atoms with Crippen LogP contribution in [0.1, 0.15) is 53.0 Å². The number of fused-ring (bicyclic) bond motifs is 3. The molecule has 3 saturated carbocycles. The molecule has 2 bridgehead atoms. The Hall–Kier alpha value is -2.81. The average Bonchev–Trinajstić information content (AvgIpc) is 2.93. The molecule has 4 fully saturated rings. The predicted octanol–water partition coefficient (Wildman–Crippen LogP) is 5.76. The number of aromatic amines is 1. The molecule has 10 heteroatoms. The number of hydrogen-bond acceptors (Lipinski definition) is 4. The van der Waals surface area contributed by atoms with Gasteiger partial charge in [0.1, 0.15) is 0 Å². The van der Waals surface area contributed by atoms with Gasteiger partial charge in [0.2, 0.25) is 0 Å². The molecule has 43 heavy (non-hydrogen) atoms. The van der Waals surface area contributed by atoms with Crippen LogP contribution in [0.5, 0.6) is 0 Å². The van der Waals surface area contributed by atoms with E-state index in [-0.39, 0.29) is 18.1 Å². The molecule has 7 rings (SSSR count). The summed E-state index contributed by atoms with van der Waals surface area (Å²) in [7, 11) is 0. The lowest BCUT2D eigenvalue weighted by atomic mass is 9.45. The maximum absolute atomic E-state index is 13.4. The number of anilines is 1.